The van der Waals surface area contributed by atoms with Gasteiger partial charge in [0.1, 0.15) is 0 Å². The van der Waals surface area contributed by atoms with Crippen molar-refractivity contribution in [3.05, 3.63) is 0 Å². The number of unbranched alkanes of at least 4 members (excludes halogenated alkanes) is 1. The zero-order chi connectivity index (χ0) is 13.2. The van der Waals surface area contributed by atoms with E-state index in [2.05, 4.69) is 22.2 Å². The third kappa shape index (κ3) is 7.19. The summed E-state index contributed by atoms with van der Waals surface area (Å²) in [6.45, 7) is 6.51. The normalized spacial score (nSPS) is 17.9. The van der Waals surface area contributed by atoms with Gasteiger partial charge in [0.2, 0.25) is 5.91 Å². The Balaban J connectivity index is 1.93. The molecule has 1 fully saturated rings. The number of alkyl halides is 1. The van der Waals surface area contributed by atoms with E-state index in [9.17, 15) is 4.79 Å². The molecule has 0 radical (unpaired) electrons. The minimum Gasteiger partial charge on any atom is -0.356 e. The van der Waals surface area contributed by atoms with Gasteiger partial charge < -0.3 is 15.1 Å². The van der Waals surface area contributed by atoms with Gasteiger partial charge in [0.25, 0.3) is 0 Å². The summed E-state index contributed by atoms with van der Waals surface area (Å²) in [5, 5.41) is 2.97. The van der Waals surface area contributed by atoms with E-state index in [1.54, 1.807) is 0 Å². The first kappa shape index (κ1) is 15.7. The summed E-state index contributed by atoms with van der Waals surface area (Å²) in [7, 11) is 2.17. The van der Waals surface area contributed by atoms with Crippen molar-refractivity contribution in [2.24, 2.45) is 0 Å². The Labute approximate surface area is 116 Å². The highest BCUT2D eigenvalue weighted by atomic mass is 35.5. The lowest BCUT2D eigenvalue weighted by atomic mass is 10.2. The SMILES string of the molecule is CN1CCN(CCCNC(=O)CCCCCl)CC1. The van der Waals surface area contributed by atoms with Crippen LogP contribution in [0.25, 0.3) is 0 Å². The molecule has 1 aliphatic heterocycles. The summed E-state index contributed by atoms with van der Waals surface area (Å²) in [6, 6.07) is 0. The average molecular weight is 276 g/mol. The summed E-state index contributed by atoms with van der Waals surface area (Å²) >= 11 is 5.57. The van der Waals surface area contributed by atoms with Gasteiger partial charge in [0.15, 0.2) is 0 Å². The number of carbonyl (C=O) groups excluding carboxylic acids is 1. The molecule has 0 aromatic heterocycles. The Hall–Kier alpha value is -0.320. The van der Waals surface area contributed by atoms with Crippen LogP contribution >= 0.6 is 11.6 Å². The van der Waals surface area contributed by atoms with Crippen molar-refractivity contribution in [3.8, 4) is 0 Å². The van der Waals surface area contributed by atoms with Crippen LogP contribution in [0.15, 0.2) is 0 Å². The maximum atomic E-state index is 11.4. The Bertz CT molecular complexity index is 230. The Morgan fingerprint density at radius 1 is 1.17 bits per heavy atom. The molecule has 0 atom stereocenters. The standard InChI is InChI=1S/C13H26ClN3O/c1-16-9-11-17(12-10-16)8-4-7-15-13(18)5-2-3-6-14/h2-12H2,1H3,(H,15,18). The quantitative estimate of drug-likeness (QED) is 0.533. The number of likely N-dealkylation sites (N-methyl/N-ethyl adjacent to an activating group) is 1. The smallest absolute Gasteiger partial charge is 0.219 e. The fraction of sp³-hybridized carbons (Fsp3) is 0.923. The van der Waals surface area contributed by atoms with Gasteiger partial charge in [0, 0.05) is 45.0 Å². The fourth-order valence-electron chi connectivity index (χ4n) is 2.07. The number of nitrogens with one attached hydrogen (secondary N) is 1. The lowest BCUT2D eigenvalue weighted by molar-refractivity contribution is -0.121. The molecule has 1 amide bonds. The zero-order valence-electron chi connectivity index (χ0n) is 11.5. The van der Waals surface area contributed by atoms with Gasteiger partial charge in [-0.1, -0.05) is 0 Å². The summed E-state index contributed by atoms with van der Waals surface area (Å²) in [5.41, 5.74) is 0. The third-order valence-electron chi connectivity index (χ3n) is 3.36. The van der Waals surface area contributed by atoms with Gasteiger partial charge in [-0.05, 0) is 32.9 Å². The minimum atomic E-state index is 0.165. The number of hydrogen-bond acceptors (Lipinski definition) is 3. The molecule has 0 spiro atoms. The highest BCUT2D eigenvalue weighted by Crippen LogP contribution is 2.00. The molecule has 0 aliphatic carbocycles. The molecular weight excluding hydrogens is 250 g/mol. The number of piperazine rings is 1. The van der Waals surface area contributed by atoms with E-state index in [0.29, 0.717) is 12.3 Å². The van der Waals surface area contributed by atoms with E-state index < -0.39 is 0 Å². The monoisotopic (exact) mass is 275 g/mol. The molecule has 0 saturated carbocycles. The van der Waals surface area contributed by atoms with E-state index in [0.717, 1.165) is 58.5 Å². The Kier molecular flexibility index (Phi) is 8.38. The van der Waals surface area contributed by atoms with E-state index in [1.807, 2.05) is 0 Å². The van der Waals surface area contributed by atoms with Gasteiger partial charge in [-0.2, -0.15) is 0 Å². The molecule has 5 heteroatoms. The number of amides is 1. The van der Waals surface area contributed by atoms with Crippen molar-refractivity contribution in [1.82, 2.24) is 15.1 Å². The molecule has 1 heterocycles. The maximum Gasteiger partial charge on any atom is 0.219 e. The second-order valence-corrected chi connectivity index (χ2v) is 5.37. The topological polar surface area (TPSA) is 35.6 Å². The van der Waals surface area contributed by atoms with Crippen LogP contribution in [-0.2, 0) is 4.79 Å². The molecule has 18 heavy (non-hydrogen) atoms. The van der Waals surface area contributed by atoms with Crippen molar-refractivity contribution in [1.29, 1.82) is 0 Å². The van der Waals surface area contributed by atoms with Gasteiger partial charge >= 0.3 is 0 Å². The minimum absolute atomic E-state index is 0.165. The molecule has 1 saturated heterocycles. The largest absolute Gasteiger partial charge is 0.356 e. The van der Waals surface area contributed by atoms with Crippen LogP contribution < -0.4 is 5.32 Å². The van der Waals surface area contributed by atoms with Crippen molar-refractivity contribution >= 4 is 17.5 Å². The molecule has 1 aliphatic rings. The third-order valence-corrected chi connectivity index (χ3v) is 3.62. The second kappa shape index (κ2) is 9.59. The predicted molar refractivity (Wildman–Crippen MR) is 76.1 cm³/mol. The molecule has 0 aromatic carbocycles. The van der Waals surface area contributed by atoms with E-state index in [1.165, 1.54) is 0 Å². The molecule has 0 unspecified atom stereocenters. The number of carbonyl (C=O) groups is 1. The summed E-state index contributed by atoms with van der Waals surface area (Å²) in [4.78, 5) is 16.3. The average Bonchev–Trinajstić information content (AvgIpc) is 2.37. The highest BCUT2D eigenvalue weighted by molar-refractivity contribution is 6.17. The first-order valence-electron chi connectivity index (χ1n) is 6.96. The number of nitrogens with zero attached hydrogens (tertiary/aromatic N) is 2. The van der Waals surface area contributed by atoms with Gasteiger partial charge in [-0.15, -0.1) is 11.6 Å². The maximum absolute atomic E-state index is 11.4. The molecule has 1 N–H and O–H groups in total. The van der Waals surface area contributed by atoms with Crippen molar-refractivity contribution in [3.63, 3.8) is 0 Å². The molecule has 1 rings (SSSR count). The number of hydrogen-bond donors (Lipinski definition) is 1. The highest BCUT2D eigenvalue weighted by Gasteiger charge is 2.12. The number of halogens is 1. The van der Waals surface area contributed by atoms with Crippen LogP contribution in [0, 0.1) is 0 Å². The Morgan fingerprint density at radius 3 is 2.56 bits per heavy atom. The van der Waals surface area contributed by atoms with E-state index >= 15 is 0 Å². The summed E-state index contributed by atoms with van der Waals surface area (Å²) < 4.78 is 0. The lowest BCUT2D eigenvalue weighted by Crippen LogP contribution is -2.45. The summed E-state index contributed by atoms with van der Waals surface area (Å²) in [5.74, 6) is 0.815. The van der Waals surface area contributed by atoms with E-state index in [4.69, 9.17) is 11.6 Å². The first-order valence-corrected chi connectivity index (χ1v) is 7.49. The van der Waals surface area contributed by atoms with Gasteiger partial charge in [0.05, 0.1) is 0 Å². The van der Waals surface area contributed by atoms with Crippen LogP contribution in [0.4, 0.5) is 0 Å². The van der Waals surface area contributed by atoms with Gasteiger partial charge in [-0.3, -0.25) is 4.79 Å². The molecule has 106 valence electrons. The lowest BCUT2D eigenvalue weighted by Gasteiger charge is -2.32. The second-order valence-electron chi connectivity index (χ2n) is 4.99. The molecule has 4 nitrogen and oxygen atoms in total. The molecule has 0 aromatic rings. The van der Waals surface area contributed by atoms with Crippen LogP contribution in [0.3, 0.4) is 0 Å². The fourth-order valence-corrected chi connectivity index (χ4v) is 2.26. The predicted octanol–water partition coefficient (Wildman–Crippen LogP) is 1.15. The Morgan fingerprint density at radius 2 is 1.89 bits per heavy atom. The van der Waals surface area contributed by atoms with E-state index in [-0.39, 0.29) is 5.91 Å². The van der Waals surface area contributed by atoms with Crippen molar-refractivity contribution in [2.45, 2.75) is 25.7 Å². The van der Waals surface area contributed by atoms with Crippen LogP contribution in [-0.4, -0.2) is 67.9 Å². The van der Waals surface area contributed by atoms with Crippen molar-refractivity contribution in [2.75, 3.05) is 52.2 Å². The number of rotatable bonds is 8. The zero-order valence-corrected chi connectivity index (χ0v) is 12.2. The van der Waals surface area contributed by atoms with Crippen LogP contribution in [0.2, 0.25) is 0 Å². The van der Waals surface area contributed by atoms with Crippen LogP contribution in [0.1, 0.15) is 25.7 Å². The summed E-state index contributed by atoms with van der Waals surface area (Å²) in [6.07, 6.45) is 3.48. The van der Waals surface area contributed by atoms with Gasteiger partial charge in [-0.25, -0.2) is 0 Å². The van der Waals surface area contributed by atoms with Crippen molar-refractivity contribution < 1.29 is 4.79 Å². The molecule has 0 bridgehead atoms. The van der Waals surface area contributed by atoms with Crippen LogP contribution in [0.5, 0.6) is 0 Å². The molecular formula is C13H26ClN3O. The first-order chi connectivity index (χ1) is 8.72.